The normalized spacial score (nSPS) is 13.0. The van der Waals surface area contributed by atoms with Crippen molar-refractivity contribution >= 4 is 5.82 Å². The number of pyridine rings is 1. The van der Waals surface area contributed by atoms with Crippen LogP contribution in [0.4, 0.5) is 19.0 Å². The van der Waals surface area contributed by atoms with Crippen LogP contribution in [0.5, 0.6) is 0 Å². The van der Waals surface area contributed by atoms with Gasteiger partial charge in [-0.3, -0.25) is 0 Å². The molecule has 0 fully saturated rings. The predicted molar refractivity (Wildman–Crippen MR) is 81.1 cm³/mol. The lowest BCUT2D eigenvalue weighted by atomic mass is 10.0. The molecule has 0 aromatic carbocycles. The third kappa shape index (κ3) is 9.90. The monoisotopic (exact) mass is 303 g/mol. The summed E-state index contributed by atoms with van der Waals surface area (Å²) in [5.74, 6) is 0.526. The Morgan fingerprint density at radius 3 is 2.33 bits per heavy atom. The Kier molecular flexibility index (Phi) is 7.43. The van der Waals surface area contributed by atoms with E-state index in [0.29, 0.717) is 11.4 Å². The Balaban J connectivity index is 0.00000122. The third-order valence-electron chi connectivity index (χ3n) is 2.17. The lowest BCUT2D eigenvalue weighted by Gasteiger charge is -2.22. The number of rotatable bonds is 3. The molecule has 6 heteroatoms. The van der Waals surface area contributed by atoms with Gasteiger partial charge >= 0.3 is 6.18 Å². The first-order valence-electron chi connectivity index (χ1n) is 6.62. The van der Waals surface area contributed by atoms with Crippen LogP contribution < -0.4 is 11.1 Å². The molecular weight excluding hydrogens is 279 g/mol. The molecule has 1 atom stereocenters. The van der Waals surface area contributed by atoms with E-state index in [-0.39, 0.29) is 5.54 Å². The van der Waals surface area contributed by atoms with Gasteiger partial charge in [0.2, 0.25) is 0 Å². The number of nitrogens with one attached hydrogen (secondary N) is 1. The summed E-state index contributed by atoms with van der Waals surface area (Å²) in [6.07, 6.45) is -2.09. The van der Waals surface area contributed by atoms with Gasteiger partial charge in [0.1, 0.15) is 5.82 Å². The summed E-state index contributed by atoms with van der Waals surface area (Å²) in [7, 11) is 0. The second-order valence-electron chi connectivity index (χ2n) is 5.68. The minimum absolute atomic E-state index is 0.209. The topological polar surface area (TPSA) is 50.9 Å². The van der Waals surface area contributed by atoms with Gasteiger partial charge in [-0.05, 0) is 45.4 Å². The van der Waals surface area contributed by atoms with Gasteiger partial charge in [0, 0.05) is 17.8 Å². The average molecular weight is 303 g/mol. The molecule has 1 aromatic heterocycles. The highest BCUT2D eigenvalue weighted by molar-refractivity contribution is 5.40. The molecule has 0 aliphatic heterocycles. The van der Waals surface area contributed by atoms with Gasteiger partial charge < -0.3 is 11.1 Å². The Hall–Kier alpha value is -1.56. The van der Waals surface area contributed by atoms with E-state index in [1.165, 1.54) is 12.3 Å². The number of anilines is 1. The first kappa shape index (κ1) is 19.4. The largest absolute Gasteiger partial charge is 0.390 e. The van der Waals surface area contributed by atoms with Gasteiger partial charge in [-0.2, -0.15) is 13.2 Å². The number of alkyl halides is 3. The predicted octanol–water partition coefficient (Wildman–Crippen LogP) is 4.44. The van der Waals surface area contributed by atoms with Crippen LogP contribution in [0.25, 0.3) is 0 Å². The lowest BCUT2D eigenvalue weighted by Crippen LogP contribution is -2.27. The fraction of sp³-hybridized carbons (Fsp3) is 0.533. The van der Waals surface area contributed by atoms with Crippen LogP contribution in [-0.4, -0.2) is 16.7 Å². The molecule has 0 saturated heterocycles. The number of aromatic nitrogens is 1. The van der Waals surface area contributed by atoms with E-state index >= 15 is 0 Å². The zero-order valence-electron chi connectivity index (χ0n) is 13.0. The fourth-order valence-corrected chi connectivity index (χ4v) is 1.50. The van der Waals surface area contributed by atoms with Crippen LogP contribution in [0.1, 0.15) is 45.7 Å². The van der Waals surface area contributed by atoms with Gasteiger partial charge in [-0.15, -0.1) is 6.58 Å². The maximum atomic E-state index is 12.3. The summed E-state index contributed by atoms with van der Waals surface area (Å²) >= 11 is 0. The molecule has 3 nitrogen and oxygen atoms in total. The van der Waals surface area contributed by atoms with Crippen LogP contribution in [0.2, 0.25) is 0 Å². The number of nitrogens with zero attached hydrogens (tertiary/aromatic N) is 1. The molecule has 0 amide bonds. The number of nitrogens with two attached hydrogens (primary N) is 1. The van der Waals surface area contributed by atoms with Gasteiger partial charge in [0.05, 0.1) is 6.42 Å². The minimum atomic E-state index is -4.26. The molecule has 0 saturated carbocycles. The maximum Gasteiger partial charge on any atom is 0.390 e. The van der Waals surface area contributed by atoms with Crippen molar-refractivity contribution in [1.29, 1.82) is 0 Å². The van der Waals surface area contributed by atoms with Crippen LogP contribution in [0.15, 0.2) is 31.0 Å². The van der Waals surface area contributed by atoms with Gasteiger partial charge in [0.25, 0.3) is 0 Å². The van der Waals surface area contributed by atoms with Crippen LogP contribution >= 0.6 is 0 Å². The van der Waals surface area contributed by atoms with Gasteiger partial charge in [0.15, 0.2) is 0 Å². The highest BCUT2D eigenvalue weighted by atomic mass is 19.4. The van der Waals surface area contributed by atoms with Crippen LogP contribution in [0.3, 0.4) is 0 Å². The second kappa shape index (κ2) is 8.02. The summed E-state index contributed by atoms with van der Waals surface area (Å²) < 4.78 is 36.8. The molecule has 0 aliphatic rings. The molecule has 1 aromatic rings. The first-order valence-corrected chi connectivity index (χ1v) is 6.62. The molecule has 120 valence electrons. The van der Waals surface area contributed by atoms with E-state index < -0.39 is 18.6 Å². The van der Waals surface area contributed by atoms with Crippen molar-refractivity contribution in [2.24, 2.45) is 5.73 Å². The lowest BCUT2D eigenvalue weighted by molar-refractivity contribution is -0.138. The maximum absolute atomic E-state index is 12.3. The zero-order chi connectivity index (χ0) is 16.7. The van der Waals surface area contributed by atoms with E-state index in [0.717, 1.165) is 0 Å². The van der Waals surface area contributed by atoms with Crippen molar-refractivity contribution in [2.75, 3.05) is 5.32 Å². The summed E-state index contributed by atoms with van der Waals surface area (Å²) in [6.45, 7) is 11.1. The number of allylic oxidation sites excluding steroid dienone is 1. The Morgan fingerprint density at radius 1 is 1.38 bits per heavy atom. The van der Waals surface area contributed by atoms with E-state index in [2.05, 4.69) is 16.9 Å². The number of hydrogen-bond donors (Lipinski definition) is 2. The smallest absolute Gasteiger partial charge is 0.365 e. The van der Waals surface area contributed by atoms with Crippen LogP contribution in [0, 0.1) is 0 Å². The molecule has 3 N–H and O–H groups in total. The fourth-order valence-electron chi connectivity index (χ4n) is 1.50. The SMILES string of the molecule is C=CC.CC(C)(C)Nc1cc(C(N)CC(F)(F)F)ccn1. The quantitative estimate of drug-likeness (QED) is 0.812. The summed E-state index contributed by atoms with van der Waals surface area (Å²) in [6, 6.07) is 2.00. The van der Waals surface area contributed by atoms with Crippen molar-refractivity contribution < 1.29 is 13.2 Å². The standard InChI is InChI=1S/C12H18F3N3.C3H6/c1-11(2,3)18-10-6-8(4-5-17-10)9(16)7-12(13,14)15;1-3-2/h4-6,9H,7,16H2,1-3H3,(H,17,18);3H,1H2,2H3. The van der Waals surface area contributed by atoms with E-state index in [4.69, 9.17) is 5.73 Å². The summed E-state index contributed by atoms with van der Waals surface area (Å²) in [5, 5.41) is 3.09. The Bertz CT molecular complexity index is 437. The molecular formula is C15H24F3N3. The van der Waals surface area contributed by atoms with Crippen molar-refractivity contribution in [1.82, 2.24) is 4.98 Å². The van der Waals surface area contributed by atoms with Gasteiger partial charge in [-0.1, -0.05) is 6.08 Å². The van der Waals surface area contributed by atoms with Crippen LogP contribution in [-0.2, 0) is 0 Å². The Labute approximate surface area is 124 Å². The Morgan fingerprint density at radius 2 is 1.90 bits per heavy atom. The average Bonchev–Trinajstić information content (AvgIpc) is 2.25. The van der Waals surface area contributed by atoms with E-state index in [1.807, 2.05) is 27.7 Å². The molecule has 1 heterocycles. The first-order chi connectivity index (χ1) is 9.48. The molecule has 0 aliphatic carbocycles. The van der Waals surface area contributed by atoms with E-state index in [9.17, 15) is 13.2 Å². The third-order valence-corrected chi connectivity index (χ3v) is 2.17. The minimum Gasteiger partial charge on any atom is -0.365 e. The van der Waals surface area contributed by atoms with Crippen molar-refractivity contribution in [2.45, 2.75) is 51.9 Å². The molecule has 1 unspecified atom stereocenters. The van der Waals surface area contributed by atoms with Gasteiger partial charge in [-0.25, -0.2) is 4.98 Å². The summed E-state index contributed by atoms with van der Waals surface area (Å²) in [4.78, 5) is 4.06. The molecule has 21 heavy (non-hydrogen) atoms. The number of halogens is 3. The van der Waals surface area contributed by atoms with Crippen molar-refractivity contribution in [3.63, 3.8) is 0 Å². The number of hydrogen-bond acceptors (Lipinski definition) is 3. The van der Waals surface area contributed by atoms with E-state index in [1.54, 1.807) is 12.1 Å². The highest BCUT2D eigenvalue weighted by Crippen LogP contribution is 2.28. The van der Waals surface area contributed by atoms with Crippen molar-refractivity contribution in [3.8, 4) is 0 Å². The summed E-state index contributed by atoms with van der Waals surface area (Å²) in [5.41, 5.74) is 5.75. The molecule has 0 bridgehead atoms. The second-order valence-corrected chi connectivity index (χ2v) is 5.68. The van der Waals surface area contributed by atoms with Crippen molar-refractivity contribution in [3.05, 3.63) is 36.5 Å². The molecule has 0 spiro atoms. The highest BCUT2D eigenvalue weighted by Gasteiger charge is 2.31. The molecule has 1 rings (SSSR count). The molecule has 0 radical (unpaired) electrons. The zero-order valence-corrected chi connectivity index (χ0v) is 13.0.